The minimum absolute atomic E-state index is 0. The molecule has 0 saturated carbocycles. The second-order valence-corrected chi connectivity index (χ2v) is 5.50. The quantitative estimate of drug-likeness (QED) is 0.307. The Kier molecular flexibility index (Phi) is 11.5. The molecule has 0 bridgehead atoms. The molecule has 0 aliphatic carbocycles. The van der Waals surface area contributed by atoms with Gasteiger partial charge in [0.15, 0.2) is 5.96 Å². The van der Waals surface area contributed by atoms with Gasteiger partial charge in [-0.25, -0.2) is 0 Å². The summed E-state index contributed by atoms with van der Waals surface area (Å²) < 4.78 is 10.8. The van der Waals surface area contributed by atoms with Gasteiger partial charge < -0.3 is 19.7 Å². The SMILES string of the molecule is CN=C(NCCOCC(C)C)N1CCC(COC)C1.I. The van der Waals surface area contributed by atoms with Crippen LogP contribution in [0.25, 0.3) is 0 Å². The first-order chi connectivity index (χ1) is 9.17. The zero-order valence-electron chi connectivity index (χ0n) is 13.2. The van der Waals surface area contributed by atoms with E-state index in [4.69, 9.17) is 9.47 Å². The molecule has 1 unspecified atom stereocenters. The first-order valence-corrected chi connectivity index (χ1v) is 7.19. The Morgan fingerprint density at radius 1 is 1.45 bits per heavy atom. The third-order valence-corrected chi connectivity index (χ3v) is 3.18. The Balaban J connectivity index is 0.00000361. The van der Waals surface area contributed by atoms with Gasteiger partial charge in [0, 0.05) is 46.3 Å². The van der Waals surface area contributed by atoms with Crippen LogP contribution >= 0.6 is 24.0 Å². The molecule has 1 N–H and O–H groups in total. The first kappa shape index (κ1) is 19.9. The topological polar surface area (TPSA) is 46.1 Å². The maximum atomic E-state index is 5.56. The van der Waals surface area contributed by atoms with Crippen molar-refractivity contribution in [3.05, 3.63) is 0 Å². The van der Waals surface area contributed by atoms with Gasteiger partial charge in [-0.3, -0.25) is 4.99 Å². The number of halogens is 1. The lowest BCUT2D eigenvalue weighted by atomic mass is 10.1. The van der Waals surface area contributed by atoms with E-state index in [0.29, 0.717) is 11.8 Å². The van der Waals surface area contributed by atoms with Crippen molar-refractivity contribution in [2.45, 2.75) is 20.3 Å². The van der Waals surface area contributed by atoms with E-state index in [1.807, 2.05) is 7.05 Å². The van der Waals surface area contributed by atoms with Crippen LogP contribution in [0, 0.1) is 11.8 Å². The van der Waals surface area contributed by atoms with Crippen molar-refractivity contribution < 1.29 is 9.47 Å². The number of hydrogen-bond donors (Lipinski definition) is 1. The Bertz CT molecular complexity index is 275. The van der Waals surface area contributed by atoms with E-state index in [1.54, 1.807) is 7.11 Å². The highest BCUT2D eigenvalue weighted by molar-refractivity contribution is 14.0. The molecule has 1 saturated heterocycles. The van der Waals surface area contributed by atoms with Gasteiger partial charge >= 0.3 is 0 Å². The molecular weight excluding hydrogens is 369 g/mol. The molecule has 1 rings (SSSR count). The Morgan fingerprint density at radius 2 is 2.20 bits per heavy atom. The lowest BCUT2D eigenvalue weighted by Crippen LogP contribution is -2.41. The second-order valence-electron chi connectivity index (χ2n) is 5.50. The van der Waals surface area contributed by atoms with Crippen molar-refractivity contribution in [2.75, 3.05) is 53.6 Å². The lowest BCUT2D eigenvalue weighted by Gasteiger charge is -2.21. The highest BCUT2D eigenvalue weighted by atomic mass is 127. The van der Waals surface area contributed by atoms with Crippen LogP contribution in [0.5, 0.6) is 0 Å². The monoisotopic (exact) mass is 399 g/mol. The zero-order valence-corrected chi connectivity index (χ0v) is 15.6. The standard InChI is InChI=1S/C14H29N3O2.HI/c1-12(2)10-19-8-6-16-14(15-3)17-7-5-13(9-17)11-18-4;/h12-13H,5-11H2,1-4H3,(H,15,16);1H. The van der Waals surface area contributed by atoms with Crippen LogP contribution < -0.4 is 5.32 Å². The smallest absolute Gasteiger partial charge is 0.193 e. The molecule has 20 heavy (non-hydrogen) atoms. The fourth-order valence-corrected chi connectivity index (χ4v) is 2.28. The summed E-state index contributed by atoms with van der Waals surface area (Å²) in [5, 5.41) is 3.36. The van der Waals surface area contributed by atoms with Gasteiger partial charge in [0.25, 0.3) is 0 Å². The van der Waals surface area contributed by atoms with Crippen molar-refractivity contribution in [3.63, 3.8) is 0 Å². The summed E-state index contributed by atoms with van der Waals surface area (Å²) in [6.07, 6.45) is 1.18. The number of hydrogen-bond acceptors (Lipinski definition) is 3. The van der Waals surface area contributed by atoms with E-state index in [2.05, 4.69) is 29.1 Å². The number of nitrogens with one attached hydrogen (secondary N) is 1. The summed E-state index contributed by atoms with van der Waals surface area (Å²) in [4.78, 5) is 6.63. The van der Waals surface area contributed by atoms with Crippen molar-refractivity contribution in [1.82, 2.24) is 10.2 Å². The summed E-state index contributed by atoms with van der Waals surface area (Å²) in [5.41, 5.74) is 0. The van der Waals surface area contributed by atoms with Crippen LogP contribution in [0.4, 0.5) is 0 Å². The zero-order chi connectivity index (χ0) is 14.1. The van der Waals surface area contributed by atoms with Gasteiger partial charge in [-0.1, -0.05) is 13.8 Å². The van der Waals surface area contributed by atoms with Crippen LogP contribution in [-0.4, -0.2) is 64.5 Å². The number of nitrogens with zero attached hydrogens (tertiary/aromatic N) is 2. The van der Waals surface area contributed by atoms with Gasteiger partial charge in [-0.05, 0) is 12.3 Å². The average molecular weight is 399 g/mol. The van der Waals surface area contributed by atoms with E-state index in [1.165, 1.54) is 6.42 Å². The average Bonchev–Trinajstić information content (AvgIpc) is 2.82. The Hall–Kier alpha value is -0.0800. The van der Waals surface area contributed by atoms with Crippen LogP contribution in [0.2, 0.25) is 0 Å². The number of guanidine groups is 1. The fourth-order valence-electron chi connectivity index (χ4n) is 2.28. The molecule has 6 heteroatoms. The predicted octanol–water partition coefficient (Wildman–Crippen LogP) is 1.82. The number of rotatable bonds is 7. The largest absolute Gasteiger partial charge is 0.384 e. The molecule has 0 aromatic carbocycles. The third-order valence-electron chi connectivity index (χ3n) is 3.18. The normalized spacial score (nSPS) is 19.4. The molecular formula is C14H30IN3O2. The van der Waals surface area contributed by atoms with E-state index in [9.17, 15) is 0 Å². The van der Waals surface area contributed by atoms with Gasteiger partial charge in [0.1, 0.15) is 0 Å². The molecule has 0 radical (unpaired) electrons. The van der Waals surface area contributed by atoms with E-state index >= 15 is 0 Å². The van der Waals surface area contributed by atoms with E-state index < -0.39 is 0 Å². The van der Waals surface area contributed by atoms with Gasteiger partial charge in [-0.15, -0.1) is 24.0 Å². The molecule has 0 aromatic heterocycles. The van der Waals surface area contributed by atoms with Crippen LogP contribution in [0.15, 0.2) is 4.99 Å². The summed E-state index contributed by atoms with van der Waals surface area (Å²) in [6.45, 7) is 9.60. The molecule has 1 aliphatic rings. The minimum atomic E-state index is 0. The van der Waals surface area contributed by atoms with Gasteiger partial charge in [0.2, 0.25) is 0 Å². The van der Waals surface area contributed by atoms with Crippen LogP contribution in [0.1, 0.15) is 20.3 Å². The summed E-state index contributed by atoms with van der Waals surface area (Å²) in [7, 11) is 3.60. The highest BCUT2D eigenvalue weighted by Crippen LogP contribution is 2.16. The molecule has 0 aromatic rings. The van der Waals surface area contributed by atoms with Crippen molar-refractivity contribution in [2.24, 2.45) is 16.8 Å². The van der Waals surface area contributed by atoms with Crippen molar-refractivity contribution in [3.8, 4) is 0 Å². The van der Waals surface area contributed by atoms with E-state index in [0.717, 1.165) is 45.4 Å². The second kappa shape index (κ2) is 11.6. The Morgan fingerprint density at radius 3 is 2.80 bits per heavy atom. The maximum Gasteiger partial charge on any atom is 0.193 e. The molecule has 1 atom stereocenters. The van der Waals surface area contributed by atoms with Crippen molar-refractivity contribution in [1.29, 1.82) is 0 Å². The number of methoxy groups -OCH3 is 1. The summed E-state index contributed by atoms with van der Waals surface area (Å²) in [6, 6.07) is 0. The molecule has 1 aliphatic heterocycles. The van der Waals surface area contributed by atoms with Gasteiger partial charge in [-0.2, -0.15) is 0 Å². The van der Waals surface area contributed by atoms with Crippen molar-refractivity contribution >= 4 is 29.9 Å². The first-order valence-electron chi connectivity index (χ1n) is 7.19. The van der Waals surface area contributed by atoms with Gasteiger partial charge in [0.05, 0.1) is 13.2 Å². The van der Waals surface area contributed by atoms with Crippen LogP contribution in [0.3, 0.4) is 0 Å². The molecule has 1 fully saturated rings. The number of ether oxygens (including phenoxy) is 2. The molecule has 0 amide bonds. The number of aliphatic imine (C=N–C) groups is 1. The lowest BCUT2D eigenvalue weighted by molar-refractivity contribution is 0.114. The molecule has 5 nitrogen and oxygen atoms in total. The maximum absolute atomic E-state index is 5.56. The third kappa shape index (κ3) is 7.64. The predicted molar refractivity (Wildman–Crippen MR) is 94.0 cm³/mol. The van der Waals surface area contributed by atoms with E-state index in [-0.39, 0.29) is 24.0 Å². The molecule has 1 heterocycles. The number of likely N-dealkylation sites (tertiary alicyclic amines) is 1. The fraction of sp³-hybridized carbons (Fsp3) is 0.929. The minimum Gasteiger partial charge on any atom is -0.384 e. The summed E-state index contributed by atoms with van der Waals surface area (Å²) in [5.74, 6) is 2.19. The molecule has 120 valence electrons. The van der Waals surface area contributed by atoms with Crippen LogP contribution in [-0.2, 0) is 9.47 Å². The summed E-state index contributed by atoms with van der Waals surface area (Å²) >= 11 is 0. The Labute approximate surface area is 140 Å². The highest BCUT2D eigenvalue weighted by Gasteiger charge is 2.24. The molecule has 0 spiro atoms.